The van der Waals surface area contributed by atoms with Gasteiger partial charge in [-0.3, -0.25) is 14.3 Å². The second-order valence-electron chi connectivity index (χ2n) is 5.28. The van der Waals surface area contributed by atoms with Crippen molar-refractivity contribution in [3.63, 3.8) is 0 Å². The molecule has 2 aromatic rings. The molecule has 0 atom stereocenters. The molecular formula is C13H17N5O2S. The third kappa shape index (κ3) is 2.06. The Morgan fingerprint density at radius 3 is 2.67 bits per heavy atom. The van der Waals surface area contributed by atoms with E-state index in [1.807, 2.05) is 14.0 Å². The van der Waals surface area contributed by atoms with Gasteiger partial charge in [-0.25, -0.2) is 0 Å². The molecule has 2 aromatic heterocycles. The quantitative estimate of drug-likeness (QED) is 0.828. The Morgan fingerprint density at radius 2 is 2.05 bits per heavy atom. The molecule has 8 heteroatoms. The number of nitrogen functional groups attached to an aromatic ring is 1. The Bertz CT molecular complexity index is 747. The van der Waals surface area contributed by atoms with Gasteiger partial charge in [0.1, 0.15) is 16.3 Å². The lowest BCUT2D eigenvalue weighted by Crippen LogP contribution is -2.50. The van der Waals surface area contributed by atoms with E-state index in [0.717, 1.165) is 15.9 Å². The molecule has 1 aliphatic heterocycles. The van der Waals surface area contributed by atoms with Crippen molar-refractivity contribution < 1.29 is 9.59 Å². The number of nitrogens with two attached hydrogens (primary N) is 1. The van der Waals surface area contributed by atoms with Gasteiger partial charge in [-0.1, -0.05) is 0 Å². The highest BCUT2D eigenvalue weighted by atomic mass is 32.1. The summed E-state index contributed by atoms with van der Waals surface area (Å²) in [6.07, 6.45) is 0. The summed E-state index contributed by atoms with van der Waals surface area (Å²) in [5.74, 6) is -0.221. The van der Waals surface area contributed by atoms with Crippen molar-refractivity contribution in [3.05, 3.63) is 10.6 Å². The summed E-state index contributed by atoms with van der Waals surface area (Å²) in [4.78, 5) is 28.9. The van der Waals surface area contributed by atoms with Crippen molar-refractivity contribution in [2.75, 3.05) is 32.4 Å². The number of carbonyl (C=O) groups is 2. The average Bonchev–Trinajstić information content (AvgIpc) is 2.92. The lowest BCUT2D eigenvalue weighted by molar-refractivity contribution is -0.133. The van der Waals surface area contributed by atoms with Crippen LogP contribution in [0.15, 0.2) is 0 Å². The molecule has 3 heterocycles. The number of hydrogen-bond donors (Lipinski definition) is 1. The van der Waals surface area contributed by atoms with Crippen molar-refractivity contribution in [3.8, 4) is 0 Å². The van der Waals surface area contributed by atoms with E-state index in [2.05, 4.69) is 5.10 Å². The predicted octanol–water partition coefficient (Wildman–Crippen LogP) is 0.440. The first-order valence-corrected chi connectivity index (χ1v) is 7.46. The molecule has 3 rings (SSSR count). The summed E-state index contributed by atoms with van der Waals surface area (Å²) in [5, 5.41) is 5.15. The van der Waals surface area contributed by atoms with Crippen LogP contribution >= 0.6 is 11.3 Å². The number of amides is 2. The number of likely N-dealkylation sites (N-methyl/N-ethyl adjacent to an activating group) is 1. The first kappa shape index (κ1) is 13.9. The first-order valence-electron chi connectivity index (χ1n) is 6.65. The molecule has 0 bridgehead atoms. The Hall–Kier alpha value is -2.09. The number of piperazine rings is 1. The summed E-state index contributed by atoms with van der Waals surface area (Å²) in [6, 6.07) is 0. The monoisotopic (exact) mass is 307 g/mol. The highest BCUT2D eigenvalue weighted by molar-refractivity contribution is 7.21. The third-order valence-corrected chi connectivity index (χ3v) is 5.08. The molecule has 1 fully saturated rings. The predicted molar refractivity (Wildman–Crippen MR) is 81.3 cm³/mol. The number of hydrogen-bond acceptors (Lipinski definition) is 5. The fourth-order valence-corrected chi connectivity index (χ4v) is 3.72. The average molecular weight is 307 g/mol. The minimum atomic E-state index is -0.172. The smallest absolute Gasteiger partial charge is 0.266 e. The van der Waals surface area contributed by atoms with E-state index in [9.17, 15) is 9.59 Å². The van der Waals surface area contributed by atoms with Crippen LogP contribution in [-0.2, 0) is 11.8 Å². The Balaban J connectivity index is 1.97. The van der Waals surface area contributed by atoms with E-state index in [-0.39, 0.29) is 18.4 Å². The number of aromatic nitrogens is 2. The van der Waals surface area contributed by atoms with Crippen LogP contribution in [0.25, 0.3) is 10.2 Å². The minimum Gasteiger partial charge on any atom is -0.397 e. The van der Waals surface area contributed by atoms with Gasteiger partial charge in [-0.05, 0) is 6.92 Å². The van der Waals surface area contributed by atoms with E-state index in [1.165, 1.54) is 11.3 Å². The van der Waals surface area contributed by atoms with Crippen LogP contribution in [0.1, 0.15) is 15.4 Å². The molecule has 0 aromatic carbocycles. The first-order chi connectivity index (χ1) is 9.90. The molecule has 2 N–H and O–H groups in total. The van der Waals surface area contributed by atoms with Crippen LogP contribution in [0.4, 0.5) is 5.69 Å². The molecule has 0 radical (unpaired) electrons. The largest absolute Gasteiger partial charge is 0.397 e. The lowest BCUT2D eigenvalue weighted by atomic mass is 10.2. The van der Waals surface area contributed by atoms with E-state index < -0.39 is 0 Å². The molecule has 2 amide bonds. The number of anilines is 1. The third-order valence-electron chi connectivity index (χ3n) is 3.82. The van der Waals surface area contributed by atoms with Crippen molar-refractivity contribution in [2.45, 2.75) is 6.92 Å². The zero-order valence-electron chi connectivity index (χ0n) is 12.2. The number of aryl methyl sites for hydroxylation is 2. The van der Waals surface area contributed by atoms with Gasteiger partial charge in [0.25, 0.3) is 5.91 Å². The van der Waals surface area contributed by atoms with E-state index in [4.69, 9.17) is 5.73 Å². The molecule has 112 valence electrons. The minimum absolute atomic E-state index is 0.0490. The van der Waals surface area contributed by atoms with Crippen LogP contribution in [0, 0.1) is 6.92 Å². The fourth-order valence-electron chi connectivity index (χ4n) is 2.56. The zero-order valence-corrected chi connectivity index (χ0v) is 13.0. The van der Waals surface area contributed by atoms with Crippen molar-refractivity contribution in [1.29, 1.82) is 0 Å². The number of carbonyl (C=O) groups excluding carboxylic acids is 2. The van der Waals surface area contributed by atoms with Crippen LogP contribution in [0.5, 0.6) is 0 Å². The van der Waals surface area contributed by atoms with E-state index in [0.29, 0.717) is 23.7 Å². The molecule has 7 nitrogen and oxygen atoms in total. The van der Waals surface area contributed by atoms with Gasteiger partial charge < -0.3 is 15.5 Å². The molecule has 21 heavy (non-hydrogen) atoms. The SMILES string of the molecule is Cc1nn(C)c2sc(C(=O)N3CCN(C)C(=O)C3)c(N)c12. The van der Waals surface area contributed by atoms with Gasteiger partial charge in [-0.15, -0.1) is 11.3 Å². The Labute approximate surface area is 125 Å². The maximum Gasteiger partial charge on any atom is 0.266 e. The lowest BCUT2D eigenvalue weighted by Gasteiger charge is -2.31. The maximum atomic E-state index is 12.6. The number of rotatable bonds is 1. The number of nitrogens with zero attached hydrogens (tertiary/aromatic N) is 4. The maximum absolute atomic E-state index is 12.6. The van der Waals surface area contributed by atoms with Crippen molar-refractivity contribution in [2.24, 2.45) is 7.05 Å². The summed E-state index contributed by atoms with van der Waals surface area (Å²) >= 11 is 1.33. The molecule has 1 saturated heterocycles. The standard InChI is InChI=1S/C13H17N5O2S/c1-7-9-10(14)11(21-13(9)17(3)15-7)12(20)18-5-4-16(2)8(19)6-18/h4-6,14H2,1-3H3. The van der Waals surface area contributed by atoms with Crippen LogP contribution < -0.4 is 5.73 Å². The summed E-state index contributed by atoms with van der Waals surface area (Å²) < 4.78 is 1.73. The fraction of sp³-hybridized carbons (Fsp3) is 0.462. The zero-order chi connectivity index (χ0) is 15.3. The van der Waals surface area contributed by atoms with Gasteiger partial charge in [-0.2, -0.15) is 5.10 Å². The van der Waals surface area contributed by atoms with Gasteiger partial charge in [0.2, 0.25) is 5.91 Å². The summed E-state index contributed by atoms with van der Waals surface area (Å²) in [7, 11) is 3.58. The topological polar surface area (TPSA) is 84.5 Å². The van der Waals surface area contributed by atoms with Gasteiger partial charge in [0, 0.05) is 27.2 Å². The molecule has 0 unspecified atom stereocenters. The highest BCUT2D eigenvalue weighted by Gasteiger charge is 2.29. The molecule has 1 aliphatic rings. The van der Waals surface area contributed by atoms with Gasteiger partial charge in [0.05, 0.1) is 16.8 Å². The molecule has 0 saturated carbocycles. The van der Waals surface area contributed by atoms with Crippen LogP contribution in [0.2, 0.25) is 0 Å². The molecule has 0 spiro atoms. The van der Waals surface area contributed by atoms with Crippen molar-refractivity contribution >= 4 is 39.1 Å². The summed E-state index contributed by atoms with van der Waals surface area (Å²) in [6.45, 7) is 3.07. The Morgan fingerprint density at radius 1 is 1.33 bits per heavy atom. The van der Waals surface area contributed by atoms with Crippen molar-refractivity contribution in [1.82, 2.24) is 19.6 Å². The number of thiophene rings is 1. The number of fused-ring (bicyclic) bond motifs is 1. The van der Waals surface area contributed by atoms with Crippen LogP contribution in [-0.4, -0.2) is 58.1 Å². The normalized spacial score (nSPS) is 16.0. The van der Waals surface area contributed by atoms with Crippen LogP contribution in [0.3, 0.4) is 0 Å². The highest BCUT2D eigenvalue weighted by Crippen LogP contribution is 2.36. The van der Waals surface area contributed by atoms with E-state index in [1.54, 1.807) is 21.5 Å². The second kappa shape index (κ2) is 4.73. The van der Waals surface area contributed by atoms with Gasteiger partial charge >= 0.3 is 0 Å². The van der Waals surface area contributed by atoms with Gasteiger partial charge in [0.15, 0.2) is 0 Å². The second-order valence-corrected chi connectivity index (χ2v) is 6.28. The molecular weight excluding hydrogens is 290 g/mol. The summed E-state index contributed by atoms with van der Waals surface area (Å²) in [5.41, 5.74) is 7.42. The van der Waals surface area contributed by atoms with E-state index >= 15 is 0 Å². The molecule has 0 aliphatic carbocycles. The Kier molecular flexibility index (Phi) is 3.12.